The second-order valence-electron chi connectivity index (χ2n) is 2.49. The van der Waals surface area contributed by atoms with Crippen LogP contribution in [0.2, 0.25) is 0 Å². The van der Waals surface area contributed by atoms with Crippen molar-refractivity contribution in [2.45, 2.75) is 13.0 Å². The Morgan fingerprint density at radius 3 is 2.62 bits per heavy atom. The van der Waals surface area contributed by atoms with Crippen LogP contribution in [0.4, 0.5) is 14.5 Å². The molecule has 0 saturated carbocycles. The number of aromatic nitrogens is 1. The van der Waals surface area contributed by atoms with Gasteiger partial charge in [0.25, 0.3) is 12.0 Å². The average molecular weight is 189 g/mol. The molecule has 1 aromatic heterocycles. The molecule has 5 N–H and O–H groups in total. The van der Waals surface area contributed by atoms with Gasteiger partial charge < -0.3 is 16.5 Å². The van der Waals surface area contributed by atoms with Crippen LogP contribution < -0.4 is 17.0 Å². The number of nitrogens with one attached hydrogen (secondary N) is 1. The molecule has 0 aliphatic carbocycles. The second-order valence-corrected chi connectivity index (χ2v) is 2.49. The van der Waals surface area contributed by atoms with Gasteiger partial charge in [-0.15, -0.1) is 0 Å². The molecule has 1 heterocycles. The van der Waals surface area contributed by atoms with E-state index in [4.69, 9.17) is 11.5 Å². The van der Waals surface area contributed by atoms with Crippen molar-refractivity contribution in [1.29, 1.82) is 0 Å². The minimum atomic E-state index is -2.68. The molecule has 13 heavy (non-hydrogen) atoms. The molecule has 0 spiro atoms. The lowest BCUT2D eigenvalue weighted by molar-refractivity contribution is 0.149. The average Bonchev–Trinajstić information content (AvgIpc) is 2.08. The first-order chi connectivity index (χ1) is 6.06. The van der Waals surface area contributed by atoms with E-state index in [9.17, 15) is 13.6 Å². The molecule has 0 saturated heterocycles. The van der Waals surface area contributed by atoms with Crippen molar-refractivity contribution in [3.05, 3.63) is 27.7 Å². The van der Waals surface area contributed by atoms with E-state index < -0.39 is 12.0 Å². The van der Waals surface area contributed by atoms with Gasteiger partial charge in [0.15, 0.2) is 0 Å². The summed E-state index contributed by atoms with van der Waals surface area (Å²) in [5, 5.41) is 0. The zero-order valence-corrected chi connectivity index (χ0v) is 6.68. The first-order valence-corrected chi connectivity index (χ1v) is 3.56. The lowest BCUT2D eigenvalue weighted by Gasteiger charge is -2.06. The molecule has 0 atom stereocenters. The molecule has 0 amide bonds. The number of rotatable bonds is 2. The zero-order chi connectivity index (χ0) is 10.0. The van der Waals surface area contributed by atoms with Crippen LogP contribution >= 0.6 is 0 Å². The van der Waals surface area contributed by atoms with E-state index in [0.717, 1.165) is 6.07 Å². The van der Waals surface area contributed by atoms with Gasteiger partial charge in [0.1, 0.15) is 0 Å². The number of pyridine rings is 1. The van der Waals surface area contributed by atoms with Crippen LogP contribution in [0.25, 0.3) is 0 Å². The van der Waals surface area contributed by atoms with Crippen LogP contribution in [0.15, 0.2) is 10.9 Å². The van der Waals surface area contributed by atoms with Gasteiger partial charge in [0.2, 0.25) is 0 Å². The van der Waals surface area contributed by atoms with Gasteiger partial charge in [0.05, 0.1) is 5.69 Å². The van der Waals surface area contributed by atoms with E-state index in [1.165, 1.54) is 0 Å². The number of alkyl halides is 2. The fourth-order valence-electron chi connectivity index (χ4n) is 0.965. The molecule has 1 aromatic rings. The Morgan fingerprint density at radius 1 is 1.54 bits per heavy atom. The van der Waals surface area contributed by atoms with Crippen LogP contribution in [0.5, 0.6) is 0 Å². The minimum absolute atomic E-state index is 0.0224. The highest BCUT2D eigenvalue weighted by molar-refractivity contribution is 5.40. The summed E-state index contributed by atoms with van der Waals surface area (Å²) in [7, 11) is 0. The fraction of sp³-hybridized carbons (Fsp3) is 0.286. The maximum absolute atomic E-state index is 12.3. The molecule has 0 aliphatic rings. The van der Waals surface area contributed by atoms with Crippen molar-refractivity contribution in [1.82, 2.24) is 4.98 Å². The van der Waals surface area contributed by atoms with E-state index in [2.05, 4.69) is 4.98 Å². The summed E-state index contributed by atoms with van der Waals surface area (Å²) in [6.07, 6.45) is -2.68. The van der Waals surface area contributed by atoms with E-state index in [0.29, 0.717) is 0 Å². The molecule has 72 valence electrons. The smallest absolute Gasteiger partial charge is 0.271 e. The van der Waals surface area contributed by atoms with E-state index >= 15 is 0 Å². The van der Waals surface area contributed by atoms with Gasteiger partial charge in [-0.25, -0.2) is 8.78 Å². The number of aromatic amines is 1. The Hall–Kier alpha value is -1.43. The predicted octanol–water partition coefficient (Wildman–Crippen LogP) is 0.353. The molecular weight excluding hydrogens is 180 g/mol. The lowest BCUT2D eigenvalue weighted by atomic mass is 10.2. The van der Waals surface area contributed by atoms with Gasteiger partial charge in [-0.2, -0.15) is 0 Å². The molecule has 0 radical (unpaired) electrons. The molecule has 0 aliphatic heterocycles. The summed E-state index contributed by atoms with van der Waals surface area (Å²) < 4.78 is 24.6. The Bertz CT molecular complexity index is 361. The number of hydrogen-bond donors (Lipinski definition) is 3. The first kappa shape index (κ1) is 9.66. The Balaban J connectivity index is 3.33. The first-order valence-electron chi connectivity index (χ1n) is 3.56. The van der Waals surface area contributed by atoms with Crippen LogP contribution in [-0.2, 0) is 6.54 Å². The molecule has 4 nitrogen and oxygen atoms in total. The molecule has 0 unspecified atom stereocenters. The number of hydrogen-bond acceptors (Lipinski definition) is 3. The third-order valence-corrected chi connectivity index (χ3v) is 1.63. The quantitative estimate of drug-likeness (QED) is 0.627. The maximum atomic E-state index is 12.3. The Kier molecular flexibility index (Phi) is 2.62. The highest BCUT2D eigenvalue weighted by atomic mass is 19.3. The van der Waals surface area contributed by atoms with Crippen molar-refractivity contribution >= 4 is 5.69 Å². The predicted molar refractivity (Wildman–Crippen MR) is 44.3 cm³/mol. The largest absolute Gasteiger partial charge is 0.394 e. The van der Waals surface area contributed by atoms with E-state index in [1.807, 2.05) is 0 Å². The van der Waals surface area contributed by atoms with Crippen molar-refractivity contribution in [2.24, 2.45) is 5.73 Å². The van der Waals surface area contributed by atoms with Gasteiger partial charge >= 0.3 is 0 Å². The van der Waals surface area contributed by atoms with Crippen LogP contribution in [0, 0.1) is 0 Å². The Labute approximate surface area is 72.6 Å². The third-order valence-electron chi connectivity index (χ3n) is 1.63. The molecule has 1 rings (SSSR count). The van der Waals surface area contributed by atoms with Crippen molar-refractivity contribution in [3.63, 3.8) is 0 Å². The summed E-state index contributed by atoms with van der Waals surface area (Å²) in [4.78, 5) is 13.1. The fourth-order valence-corrected chi connectivity index (χ4v) is 0.965. The number of H-pyrrole nitrogens is 1. The minimum Gasteiger partial charge on any atom is -0.394 e. The summed E-state index contributed by atoms with van der Waals surface area (Å²) in [5.41, 5.74) is 9.21. The van der Waals surface area contributed by atoms with Crippen molar-refractivity contribution in [3.8, 4) is 0 Å². The lowest BCUT2D eigenvalue weighted by Crippen LogP contribution is -2.18. The van der Waals surface area contributed by atoms with Crippen LogP contribution in [-0.4, -0.2) is 4.98 Å². The second kappa shape index (κ2) is 3.53. The third kappa shape index (κ3) is 1.83. The summed E-state index contributed by atoms with van der Waals surface area (Å²) >= 11 is 0. The summed E-state index contributed by atoms with van der Waals surface area (Å²) in [6, 6.07) is 0.950. The number of halogens is 2. The van der Waals surface area contributed by atoms with E-state index in [-0.39, 0.29) is 23.5 Å². The number of anilines is 1. The van der Waals surface area contributed by atoms with Crippen LogP contribution in [0.3, 0.4) is 0 Å². The standard InChI is InChI=1S/C7H9F2N3O/c8-6(9)3-1-4(11)7(13)12-5(3)2-10/h1,6H,2,10-11H2,(H,12,13). The topological polar surface area (TPSA) is 84.9 Å². The zero-order valence-electron chi connectivity index (χ0n) is 6.68. The molecule has 0 aromatic carbocycles. The Morgan fingerprint density at radius 2 is 2.15 bits per heavy atom. The van der Waals surface area contributed by atoms with Gasteiger partial charge in [-0.05, 0) is 6.07 Å². The van der Waals surface area contributed by atoms with Crippen LogP contribution in [0.1, 0.15) is 17.7 Å². The van der Waals surface area contributed by atoms with Gasteiger partial charge in [-0.1, -0.05) is 0 Å². The van der Waals surface area contributed by atoms with Gasteiger partial charge in [-0.3, -0.25) is 4.79 Å². The summed E-state index contributed by atoms with van der Waals surface area (Å²) in [5.74, 6) is 0. The van der Waals surface area contributed by atoms with Gasteiger partial charge in [0, 0.05) is 17.8 Å². The SMILES string of the molecule is NCc1[nH]c(=O)c(N)cc1C(F)F. The molecule has 0 fully saturated rings. The number of nitrogen functional groups attached to an aromatic ring is 1. The number of nitrogens with two attached hydrogens (primary N) is 2. The normalized spacial score (nSPS) is 10.8. The molecular formula is C7H9F2N3O. The van der Waals surface area contributed by atoms with Crippen molar-refractivity contribution < 1.29 is 8.78 Å². The van der Waals surface area contributed by atoms with Crippen molar-refractivity contribution in [2.75, 3.05) is 5.73 Å². The molecule has 0 bridgehead atoms. The molecule has 6 heteroatoms. The highest BCUT2D eigenvalue weighted by Crippen LogP contribution is 2.21. The van der Waals surface area contributed by atoms with E-state index in [1.54, 1.807) is 0 Å². The monoisotopic (exact) mass is 189 g/mol. The maximum Gasteiger partial charge on any atom is 0.271 e. The highest BCUT2D eigenvalue weighted by Gasteiger charge is 2.14. The summed E-state index contributed by atoms with van der Waals surface area (Å²) in [6.45, 7) is -0.144.